The van der Waals surface area contributed by atoms with Crippen LogP contribution in [-0.2, 0) is 22.6 Å². The highest BCUT2D eigenvalue weighted by Gasteiger charge is 2.08. The van der Waals surface area contributed by atoms with E-state index in [9.17, 15) is 9.59 Å². The zero-order valence-electron chi connectivity index (χ0n) is 13.2. The molecule has 7 heteroatoms. The molecule has 0 atom stereocenters. The van der Waals surface area contributed by atoms with Crippen LogP contribution in [0.15, 0.2) is 29.6 Å². The zero-order chi connectivity index (χ0) is 16.7. The molecule has 122 valence electrons. The Hall–Kier alpha value is -2.25. The van der Waals surface area contributed by atoms with Gasteiger partial charge in [0.05, 0.1) is 18.7 Å². The van der Waals surface area contributed by atoms with Gasteiger partial charge in [-0.2, -0.15) is 0 Å². The Balaban J connectivity index is 1.80. The van der Waals surface area contributed by atoms with E-state index in [-0.39, 0.29) is 24.8 Å². The molecule has 0 radical (unpaired) electrons. The molecule has 0 fully saturated rings. The van der Waals surface area contributed by atoms with Gasteiger partial charge in [0.25, 0.3) is 0 Å². The molecule has 0 aliphatic rings. The smallest absolute Gasteiger partial charge is 0.233 e. The minimum Gasteiger partial charge on any atom is -0.358 e. The van der Waals surface area contributed by atoms with Gasteiger partial charge >= 0.3 is 0 Å². The summed E-state index contributed by atoms with van der Waals surface area (Å²) in [5.41, 5.74) is 2.76. The number of nitrogens with one attached hydrogen (secondary N) is 3. The van der Waals surface area contributed by atoms with Crippen LogP contribution in [0.1, 0.15) is 16.3 Å². The molecule has 23 heavy (non-hydrogen) atoms. The SMILES string of the molecule is CNC(=O)CNCc1csc(CC(=O)Nc2ccc(C)cc2)n1. The second kappa shape index (κ2) is 8.40. The van der Waals surface area contributed by atoms with Crippen LogP contribution < -0.4 is 16.0 Å². The molecule has 0 aliphatic heterocycles. The predicted octanol–water partition coefficient (Wildman–Crippen LogP) is 1.47. The molecule has 6 nitrogen and oxygen atoms in total. The lowest BCUT2D eigenvalue weighted by Crippen LogP contribution is -2.31. The van der Waals surface area contributed by atoms with Crippen molar-refractivity contribution in [2.75, 3.05) is 18.9 Å². The highest BCUT2D eigenvalue weighted by molar-refractivity contribution is 7.09. The van der Waals surface area contributed by atoms with Crippen LogP contribution in [0.2, 0.25) is 0 Å². The summed E-state index contributed by atoms with van der Waals surface area (Å²) in [4.78, 5) is 27.5. The van der Waals surface area contributed by atoms with Gasteiger partial charge in [0.1, 0.15) is 5.01 Å². The number of carbonyl (C=O) groups is 2. The number of nitrogens with zero attached hydrogens (tertiary/aromatic N) is 1. The number of aromatic nitrogens is 1. The summed E-state index contributed by atoms with van der Waals surface area (Å²) in [5.74, 6) is -0.161. The average molecular weight is 332 g/mol. The Morgan fingerprint density at radius 2 is 1.91 bits per heavy atom. The number of thiazole rings is 1. The molecule has 0 spiro atoms. The number of carbonyl (C=O) groups excluding carboxylic acids is 2. The van der Waals surface area contributed by atoms with E-state index in [1.54, 1.807) is 7.05 Å². The molecule has 0 saturated carbocycles. The summed E-state index contributed by atoms with van der Waals surface area (Å²) < 4.78 is 0. The third kappa shape index (κ3) is 5.80. The highest BCUT2D eigenvalue weighted by atomic mass is 32.1. The van der Waals surface area contributed by atoms with Crippen molar-refractivity contribution in [2.24, 2.45) is 0 Å². The van der Waals surface area contributed by atoms with E-state index in [0.717, 1.165) is 22.0 Å². The Bertz CT molecular complexity index is 667. The van der Waals surface area contributed by atoms with Crippen LogP contribution in [0.5, 0.6) is 0 Å². The molecule has 2 amide bonds. The second-order valence-corrected chi connectivity index (χ2v) is 6.04. The molecule has 0 unspecified atom stereocenters. The maximum atomic E-state index is 12.0. The van der Waals surface area contributed by atoms with Crippen molar-refractivity contribution in [1.29, 1.82) is 0 Å². The van der Waals surface area contributed by atoms with E-state index in [0.29, 0.717) is 6.54 Å². The van der Waals surface area contributed by atoms with Crippen molar-refractivity contribution in [3.63, 3.8) is 0 Å². The highest BCUT2D eigenvalue weighted by Crippen LogP contribution is 2.13. The van der Waals surface area contributed by atoms with E-state index in [4.69, 9.17) is 0 Å². The summed E-state index contributed by atoms with van der Waals surface area (Å²) in [7, 11) is 1.59. The van der Waals surface area contributed by atoms with Crippen LogP contribution in [0.25, 0.3) is 0 Å². The molecule has 0 saturated heterocycles. The Labute approximate surface area is 139 Å². The number of hydrogen-bond acceptors (Lipinski definition) is 5. The van der Waals surface area contributed by atoms with Crippen LogP contribution >= 0.6 is 11.3 Å². The molecular weight excluding hydrogens is 312 g/mol. The first-order valence-electron chi connectivity index (χ1n) is 7.28. The summed E-state index contributed by atoms with van der Waals surface area (Å²) in [6.07, 6.45) is 0.244. The molecule has 3 N–H and O–H groups in total. The quantitative estimate of drug-likeness (QED) is 0.717. The fraction of sp³-hybridized carbons (Fsp3) is 0.312. The standard InChI is InChI=1S/C16H20N4O2S/c1-11-3-5-12(6-4-11)19-14(21)7-16-20-13(10-23-16)8-18-9-15(22)17-2/h3-6,10,18H,7-9H2,1-2H3,(H,17,22)(H,19,21). The lowest BCUT2D eigenvalue weighted by Gasteiger charge is -2.04. The Morgan fingerprint density at radius 3 is 2.61 bits per heavy atom. The second-order valence-electron chi connectivity index (χ2n) is 5.10. The van der Waals surface area contributed by atoms with Crippen molar-refractivity contribution < 1.29 is 9.59 Å². The number of benzene rings is 1. The van der Waals surface area contributed by atoms with E-state index >= 15 is 0 Å². The van der Waals surface area contributed by atoms with E-state index in [2.05, 4.69) is 20.9 Å². The predicted molar refractivity (Wildman–Crippen MR) is 91.4 cm³/mol. The van der Waals surface area contributed by atoms with Crippen LogP contribution in [-0.4, -0.2) is 30.4 Å². The van der Waals surface area contributed by atoms with Crippen LogP contribution in [0, 0.1) is 6.92 Å². The van der Waals surface area contributed by atoms with Crippen molar-refractivity contribution in [3.05, 3.63) is 45.9 Å². The molecule has 2 aromatic rings. The van der Waals surface area contributed by atoms with Gasteiger partial charge in [0.15, 0.2) is 0 Å². The number of amides is 2. The third-order valence-electron chi connectivity index (χ3n) is 3.12. The average Bonchev–Trinajstić information content (AvgIpc) is 2.96. The van der Waals surface area contributed by atoms with Gasteiger partial charge in [-0.3, -0.25) is 9.59 Å². The number of likely N-dealkylation sites (N-methyl/N-ethyl adjacent to an activating group) is 1. The molecular formula is C16H20N4O2S. The first-order valence-corrected chi connectivity index (χ1v) is 8.16. The van der Waals surface area contributed by atoms with Crippen LogP contribution in [0.3, 0.4) is 0 Å². The van der Waals surface area contributed by atoms with Gasteiger partial charge in [-0.15, -0.1) is 11.3 Å². The fourth-order valence-corrected chi connectivity index (χ4v) is 2.68. The summed E-state index contributed by atoms with van der Waals surface area (Å²) in [6.45, 7) is 2.75. The lowest BCUT2D eigenvalue weighted by atomic mass is 10.2. The molecule has 1 heterocycles. The summed E-state index contributed by atoms with van der Waals surface area (Å²) in [6, 6.07) is 7.66. The molecule has 0 aliphatic carbocycles. The number of anilines is 1. The lowest BCUT2D eigenvalue weighted by molar-refractivity contribution is -0.119. The van der Waals surface area contributed by atoms with E-state index in [1.807, 2.05) is 36.6 Å². The zero-order valence-corrected chi connectivity index (χ0v) is 14.0. The fourth-order valence-electron chi connectivity index (χ4n) is 1.88. The molecule has 2 rings (SSSR count). The van der Waals surface area contributed by atoms with E-state index < -0.39 is 0 Å². The summed E-state index contributed by atoms with van der Waals surface area (Å²) in [5, 5.41) is 11.0. The Morgan fingerprint density at radius 1 is 1.17 bits per heavy atom. The topological polar surface area (TPSA) is 83.1 Å². The molecule has 1 aromatic heterocycles. The van der Waals surface area contributed by atoms with Crippen molar-refractivity contribution in [2.45, 2.75) is 19.9 Å². The van der Waals surface area contributed by atoms with Gasteiger partial charge in [-0.25, -0.2) is 4.98 Å². The minimum atomic E-state index is -0.0897. The number of aryl methyl sites for hydroxylation is 1. The van der Waals surface area contributed by atoms with Crippen LogP contribution in [0.4, 0.5) is 5.69 Å². The maximum Gasteiger partial charge on any atom is 0.233 e. The van der Waals surface area contributed by atoms with Gasteiger partial charge in [-0.05, 0) is 19.1 Å². The first-order chi connectivity index (χ1) is 11.1. The maximum absolute atomic E-state index is 12.0. The van der Waals surface area contributed by atoms with Gasteiger partial charge in [0.2, 0.25) is 11.8 Å². The molecule has 1 aromatic carbocycles. The van der Waals surface area contributed by atoms with Gasteiger partial charge in [-0.1, -0.05) is 17.7 Å². The Kier molecular flexibility index (Phi) is 6.25. The van der Waals surface area contributed by atoms with Crippen molar-refractivity contribution >= 4 is 28.8 Å². The largest absolute Gasteiger partial charge is 0.358 e. The monoisotopic (exact) mass is 332 g/mol. The number of hydrogen-bond donors (Lipinski definition) is 3. The van der Waals surface area contributed by atoms with Crippen molar-refractivity contribution in [3.8, 4) is 0 Å². The van der Waals surface area contributed by atoms with E-state index in [1.165, 1.54) is 11.3 Å². The number of rotatable bonds is 7. The van der Waals surface area contributed by atoms with Gasteiger partial charge < -0.3 is 16.0 Å². The first kappa shape index (κ1) is 17.1. The third-order valence-corrected chi connectivity index (χ3v) is 4.01. The molecule has 0 bridgehead atoms. The minimum absolute atomic E-state index is 0.0714. The van der Waals surface area contributed by atoms with Crippen molar-refractivity contribution in [1.82, 2.24) is 15.6 Å². The van der Waals surface area contributed by atoms with Gasteiger partial charge in [0, 0.05) is 24.7 Å². The normalized spacial score (nSPS) is 10.3. The summed E-state index contributed by atoms with van der Waals surface area (Å²) >= 11 is 1.44.